The summed E-state index contributed by atoms with van der Waals surface area (Å²) < 4.78 is 2.26. The molecule has 0 radical (unpaired) electrons. The van der Waals surface area contributed by atoms with Crippen LogP contribution in [0.2, 0.25) is 0 Å². The fraction of sp³-hybridized carbons (Fsp3) is 0.812. The van der Waals surface area contributed by atoms with Crippen LogP contribution in [-0.4, -0.2) is 52.3 Å². The number of hydrogen-bond donors (Lipinski definition) is 0. The molecule has 1 aromatic heterocycles. The highest BCUT2D eigenvalue weighted by Crippen LogP contribution is 2.31. The smallest absolute Gasteiger partial charge is 0.0524 e. The number of fused-ring (bicyclic) bond motifs is 1. The van der Waals surface area contributed by atoms with Crippen LogP contribution in [0.1, 0.15) is 31.4 Å². The maximum Gasteiger partial charge on any atom is 0.0524 e. The monoisotopic (exact) mass is 274 g/mol. The highest BCUT2D eigenvalue weighted by Gasteiger charge is 2.29. The molecular formula is C16H26N4. The van der Waals surface area contributed by atoms with E-state index in [1.54, 1.807) is 0 Å². The van der Waals surface area contributed by atoms with Crippen molar-refractivity contribution in [1.29, 1.82) is 0 Å². The van der Waals surface area contributed by atoms with Crippen molar-refractivity contribution >= 4 is 0 Å². The van der Waals surface area contributed by atoms with Gasteiger partial charge in [0.25, 0.3) is 0 Å². The van der Waals surface area contributed by atoms with E-state index in [0.717, 1.165) is 24.9 Å². The first-order valence-electron chi connectivity index (χ1n) is 8.32. The largest absolute Gasteiger partial charge is 0.303 e. The van der Waals surface area contributed by atoms with Gasteiger partial charge in [-0.2, -0.15) is 5.10 Å². The third-order valence-electron chi connectivity index (χ3n) is 5.07. The maximum atomic E-state index is 4.54. The van der Waals surface area contributed by atoms with Crippen LogP contribution in [0, 0.1) is 11.8 Å². The number of hydrogen-bond acceptors (Lipinski definition) is 3. The Bertz CT molecular complexity index is 445. The van der Waals surface area contributed by atoms with E-state index in [0.29, 0.717) is 0 Å². The molecule has 4 rings (SSSR count). The Hall–Kier alpha value is -0.870. The van der Waals surface area contributed by atoms with Crippen LogP contribution < -0.4 is 0 Å². The molecule has 3 aliphatic rings. The third kappa shape index (κ3) is 2.91. The van der Waals surface area contributed by atoms with Gasteiger partial charge < -0.3 is 4.90 Å². The van der Waals surface area contributed by atoms with E-state index >= 15 is 0 Å². The molecule has 4 nitrogen and oxygen atoms in total. The van der Waals surface area contributed by atoms with Gasteiger partial charge in [-0.05, 0) is 50.8 Å². The molecule has 0 aromatic carbocycles. The molecule has 1 aliphatic carbocycles. The minimum atomic E-state index is 0.744. The second-order valence-corrected chi connectivity index (χ2v) is 7.02. The van der Waals surface area contributed by atoms with Crippen LogP contribution in [0.4, 0.5) is 0 Å². The molecule has 1 aromatic rings. The van der Waals surface area contributed by atoms with Crippen LogP contribution in [0.3, 0.4) is 0 Å². The summed E-state index contributed by atoms with van der Waals surface area (Å²) in [6, 6.07) is 2.21. The molecule has 1 saturated heterocycles. The van der Waals surface area contributed by atoms with E-state index in [1.165, 1.54) is 64.1 Å². The predicted octanol–water partition coefficient (Wildman–Crippen LogP) is 1.82. The van der Waals surface area contributed by atoms with Gasteiger partial charge >= 0.3 is 0 Å². The highest BCUT2D eigenvalue weighted by molar-refractivity contribution is 5.03. The van der Waals surface area contributed by atoms with Gasteiger partial charge in [-0.1, -0.05) is 0 Å². The van der Waals surface area contributed by atoms with Gasteiger partial charge in [-0.25, -0.2) is 0 Å². The molecule has 0 N–H and O–H groups in total. The van der Waals surface area contributed by atoms with Crippen LogP contribution in [0.15, 0.2) is 12.3 Å². The van der Waals surface area contributed by atoms with Crippen molar-refractivity contribution in [2.75, 3.05) is 32.7 Å². The molecule has 3 heterocycles. The van der Waals surface area contributed by atoms with Gasteiger partial charge in [0.05, 0.1) is 5.69 Å². The van der Waals surface area contributed by atoms with Gasteiger partial charge in [-0.15, -0.1) is 0 Å². The zero-order valence-corrected chi connectivity index (χ0v) is 12.4. The maximum absolute atomic E-state index is 4.54. The fourth-order valence-electron chi connectivity index (χ4n) is 3.87. The molecule has 0 amide bonds. The zero-order valence-electron chi connectivity index (χ0n) is 12.4. The molecular weight excluding hydrogens is 248 g/mol. The summed E-state index contributed by atoms with van der Waals surface area (Å²) in [6.45, 7) is 8.67. The average Bonchev–Trinajstić information content (AvgIpc) is 2.95. The van der Waals surface area contributed by atoms with E-state index in [2.05, 4.69) is 25.6 Å². The van der Waals surface area contributed by atoms with E-state index in [-0.39, 0.29) is 0 Å². The zero-order chi connectivity index (χ0) is 13.4. The Kier molecular flexibility index (Phi) is 3.52. The Balaban J connectivity index is 1.46. The summed E-state index contributed by atoms with van der Waals surface area (Å²) in [5.41, 5.74) is 1.41. The summed E-state index contributed by atoms with van der Waals surface area (Å²) in [5, 5.41) is 4.54. The number of nitrogens with zero attached hydrogens (tertiary/aromatic N) is 4. The Morgan fingerprint density at radius 1 is 1.00 bits per heavy atom. The number of rotatable bonds is 4. The van der Waals surface area contributed by atoms with Crippen molar-refractivity contribution in [1.82, 2.24) is 19.6 Å². The van der Waals surface area contributed by atoms with Gasteiger partial charge in [0, 0.05) is 44.8 Å². The standard InChI is InChI=1S/C16H26N4/c1-2-8-18(7-1)10-15-11-19(9-14-3-4-14)13-16-5-6-17-20(16)12-15/h5-6,14-15H,1-4,7-13H2. The minimum Gasteiger partial charge on any atom is -0.303 e. The first-order chi connectivity index (χ1) is 9.87. The van der Waals surface area contributed by atoms with Gasteiger partial charge in [0.1, 0.15) is 0 Å². The van der Waals surface area contributed by atoms with E-state index < -0.39 is 0 Å². The van der Waals surface area contributed by atoms with Crippen molar-refractivity contribution in [2.45, 2.75) is 38.8 Å². The van der Waals surface area contributed by atoms with E-state index in [1.807, 2.05) is 6.20 Å². The first kappa shape index (κ1) is 12.8. The molecule has 2 aliphatic heterocycles. The molecule has 1 saturated carbocycles. The lowest BCUT2D eigenvalue weighted by atomic mass is 10.1. The van der Waals surface area contributed by atoms with Gasteiger partial charge in [0.15, 0.2) is 0 Å². The van der Waals surface area contributed by atoms with E-state index in [9.17, 15) is 0 Å². The molecule has 0 spiro atoms. The topological polar surface area (TPSA) is 24.3 Å². The number of aromatic nitrogens is 2. The Morgan fingerprint density at radius 2 is 1.80 bits per heavy atom. The molecule has 0 bridgehead atoms. The normalized spacial score (nSPS) is 28.5. The van der Waals surface area contributed by atoms with Crippen LogP contribution in [-0.2, 0) is 13.1 Å². The Morgan fingerprint density at radius 3 is 2.60 bits per heavy atom. The molecule has 4 heteroatoms. The molecule has 2 fully saturated rings. The summed E-state index contributed by atoms with van der Waals surface area (Å²) in [5.74, 6) is 1.73. The highest BCUT2D eigenvalue weighted by atomic mass is 15.3. The van der Waals surface area contributed by atoms with Crippen molar-refractivity contribution in [3.05, 3.63) is 18.0 Å². The Labute approximate surface area is 121 Å². The lowest BCUT2D eigenvalue weighted by Gasteiger charge is -2.27. The second-order valence-electron chi connectivity index (χ2n) is 7.02. The van der Waals surface area contributed by atoms with Crippen molar-refractivity contribution in [3.63, 3.8) is 0 Å². The molecule has 1 unspecified atom stereocenters. The predicted molar refractivity (Wildman–Crippen MR) is 79.4 cm³/mol. The van der Waals surface area contributed by atoms with Crippen LogP contribution in [0.25, 0.3) is 0 Å². The van der Waals surface area contributed by atoms with Crippen LogP contribution >= 0.6 is 0 Å². The third-order valence-corrected chi connectivity index (χ3v) is 5.07. The van der Waals surface area contributed by atoms with Crippen molar-refractivity contribution < 1.29 is 0 Å². The molecule has 110 valence electrons. The minimum absolute atomic E-state index is 0.744. The average molecular weight is 274 g/mol. The van der Waals surface area contributed by atoms with Gasteiger partial charge in [0.2, 0.25) is 0 Å². The van der Waals surface area contributed by atoms with Crippen molar-refractivity contribution in [2.24, 2.45) is 11.8 Å². The fourth-order valence-corrected chi connectivity index (χ4v) is 3.87. The van der Waals surface area contributed by atoms with Crippen LogP contribution in [0.5, 0.6) is 0 Å². The first-order valence-corrected chi connectivity index (χ1v) is 8.32. The summed E-state index contributed by atoms with van der Waals surface area (Å²) in [7, 11) is 0. The second kappa shape index (κ2) is 5.49. The van der Waals surface area contributed by atoms with E-state index in [4.69, 9.17) is 0 Å². The quantitative estimate of drug-likeness (QED) is 0.837. The lowest BCUT2D eigenvalue weighted by Crippen LogP contribution is -2.36. The summed E-state index contributed by atoms with van der Waals surface area (Å²) in [4.78, 5) is 5.35. The summed E-state index contributed by atoms with van der Waals surface area (Å²) >= 11 is 0. The van der Waals surface area contributed by atoms with Gasteiger partial charge in [-0.3, -0.25) is 9.58 Å². The SMILES string of the molecule is c1cc2n(n1)CC(CN1CCCC1)CN(CC1CC1)C2. The summed E-state index contributed by atoms with van der Waals surface area (Å²) in [6.07, 6.45) is 7.67. The lowest BCUT2D eigenvalue weighted by molar-refractivity contribution is 0.182. The number of likely N-dealkylation sites (tertiary alicyclic amines) is 1. The molecule has 1 atom stereocenters. The van der Waals surface area contributed by atoms with Crippen molar-refractivity contribution in [3.8, 4) is 0 Å². The molecule has 20 heavy (non-hydrogen) atoms.